The first-order valence-electron chi connectivity index (χ1n) is 3.47. The van der Waals surface area contributed by atoms with Crippen LogP contribution in [0.15, 0.2) is 43.6 Å². The van der Waals surface area contributed by atoms with Crippen LogP contribution in [-0.4, -0.2) is 0 Å². The summed E-state index contributed by atoms with van der Waals surface area (Å²) in [5, 5.41) is 3.02. The standard InChI is InChI=1S/C10H11N/c1-3-9-7-5-6-8-10(9)11-4-2/h3-8,11H,1-2H2. The van der Waals surface area contributed by atoms with Gasteiger partial charge < -0.3 is 5.32 Å². The number of nitrogens with one attached hydrogen (secondary N) is 1. The lowest BCUT2D eigenvalue weighted by Crippen LogP contribution is -1.88. The molecule has 0 saturated carbocycles. The van der Waals surface area contributed by atoms with Crippen molar-refractivity contribution in [3.05, 3.63) is 49.2 Å². The van der Waals surface area contributed by atoms with Gasteiger partial charge in [0.15, 0.2) is 0 Å². The molecule has 0 aliphatic rings. The van der Waals surface area contributed by atoms with E-state index in [0.717, 1.165) is 11.3 Å². The minimum absolute atomic E-state index is 1.04. The van der Waals surface area contributed by atoms with Crippen molar-refractivity contribution in [1.82, 2.24) is 0 Å². The number of hydrogen-bond donors (Lipinski definition) is 1. The van der Waals surface area contributed by atoms with Gasteiger partial charge in [0.2, 0.25) is 0 Å². The third kappa shape index (κ3) is 1.71. The Morgan fingerprint density at radius 3 is 2.55 bits per heavy atom. The van der Waals surface area contributed by atoms with Crippen molar-refractivity contribution in [2.45, 2.75) is 0 Å². The summed E-state index contributed by atoms with van der Waals surface area (Å²) in [6, 6.07) is 7.93. The highest BCUT2D eigenvalue weighted by molar-refractivity contribution is 5.66. The lowest BCUT2D eigenvalue weighted by molar-refractivity contribution is 1.57. The Morgan fingerprint density at radius 1 is 1.18 bits per heavy atom. The molecule has 1 N–H and O–H groups in total. The largest absolute Gasteiger partial charge is 0.362 e. The second-order valence-corrected chi connectivity index (χ2v) is 2.14. The zero-order chi connectivity index (χ0) is 8.10. The first-order valence-corrected chi connectivity index (χ1v) is 3.47. The fraction of sp³-hybridized carbons (Fsp3) is 0. The quantitative estimate of drug-likeness (QED) is 0.689. The molecule has 0 amide bonds. The van der Waals surface area contributed by atoms with E-state index in [1.807, 2.05) is 30.3 Å². The Labute approximate surface area is 67.1 Å². The maximum absolute atomic E-state index is 3.70. The zero-order valence-corrected chi connectivity index (χ0v) is 6.38. The van der Waals surface area contributed by atoms with Gasteiger partial charge in [0.25, 0.3) is 0 Å². The normalized spacial score (nSPS) is 8.73. The molecule has 0 radical (unpaired) electrons. The van der Waals surface area contributed by atoms with Crippen LogP contribution in [-0.2, 0) is 0 Å². The van der Waals surface area contributed by atoms with E-state index in [0.29, 0.717) is 0 Å². The van der Waals surface area contributed by atoms with Crippen molar-refractivity contribution < 1.29 is 0 Å². The van der Waals surface area contributed by atoms with E-state index >= 15 is 0 Å². The molecule has 0 saturated heterocycles. The predicted octanol–water partition coefficient (Wildman–Crippen LogP) is 2.89. The van der Waals surface area contributed by atoms with Crippen molar-refractivity contribution in [1.29, 1.82) is 0 Å². The third-order valence-electron chi connectivity index (χ3n) is 1.44. The Hall–Kier alpha value is -1.50. The van der Waals surface area contributed by atoms with Crippen LogP contribution in [0.2, 0.25) is 0 Å². The summed E-state index contributed by atoms with van der Waals surface area (Å²) in [5.74, 6) is 0. The average Bonchev–Trinajstić information content (AvgIpc) is 2.06. The van der Waals surface area contributed by atoms with Gasteiger partial charge in [-0.2, -0.15) is 0 Å². The van der Waals surface area contributed by atoms with Crippen molar-refractivity contribution in [3.63, 3.8) is 0 Å². The monoisotopic (exact) mass is 145 g/mol. The smallest absolute Gasteiger partial charge is 0.0452 e. The van der Waals surface area contributed by atoms with Gasteiger partial charge in [-0.15, -0.1) is 0 Å². The molecular weight excluding hydrogens is 134 g/mol. The van der Waals surface area contributed by atoms with Crippen LogP contribution in [0.5, 0.6) is 0 Å². The molecule has 0 fully saturated rings. The topological polar surface area (TPSA) is 12.0 Å². The van der Waals surface area contributed by atoms with Gasteiger partial charge in [-0.25, -0.2) is 0 Å². The summed E-state index contributed by atoms with van der Waals surface area (Å²) < 4.78 is 0. The molecule has 1 rings (SSSR count). The molecule has 56 valence electrons. The molecular formula is C10H11N. The highest BCUT2D eigenvalue weighted by Gasteiger charge is 1.92. The number of rotatable bonds is 3. The first-order chi connectivity index (χ1) is 5.38. The second kappa shape index (κ2) is 3.62. The Bertz CT molecular complexity index is 263. The molecule has 1 aromatic rings. The highest BCUT2D eigenvalue weighted by atomic mass is 14.8. The van der Waals surface area contributed by atoms with Gasteiger partial charge in [0, 0.05) is 5.69 Å². The maximum Gasteiger partial charge on any atom is 0.0452 e. The zero-order valence-electron chi connectivity index (χ0n) is 6.38. The SMILES string of the molecule is C=CNc1ccccc1C=C. The van der Waals surface area contributed by atoms with E-state index in [1.165, 1.54) is 0 Å². The Morgan fingerprint density at radius 2 is 1.91 bits per heavy atom. The highest BCUT2D eigenvalue weighted by Crippen LogP contribution is 2.15. The van der Waals surface area contributed by atoms with Gasteiger partial charge in [0.1, 0.15) is 0 Å². The van der Waals surface area contributed by atoms with Crippen LogP contribution in [0.3, 0.4) is 0 Å². The summed E-state index contributed by atoms with van der Waals surface area (Å²) in [4.78, 5) is 0. The van der Waals surface area contributed by atoms with E-state index < -0.39 is 0 Å². The molecule has 1 heteroatoms. The van der Waals surface area contributed by atoms with Crippen LogP contribution in [0.25, 0.3) is 6.08 Å². The number of hydrogen-bond acceptors (Lipinski definition) is 1. The number of para-hydroxylation sites is 1. The molecule has 11 heavy (non-hydrogen) atoms. The van der Waals surface area contributed by atoms with Crippen LogP contribution in [0, 0.1) is 0 Å². The number of benzene rings is 1. The van der Waals surface area contributed by atoms with Crippen molar-refractivity contribution >= 4 is 11.8 Å². The molecule has 0 aliphatic heterocycles. The van der Waals surface area contributed by atoms with E-state index in [2.05, 4.69) is 18.5 Å². The van der Waals surface area contributed by atoms with Crippen LogP contribution >= 0.6 is 0 Å². The summed E-state index contributed by atoms with van der Waals surface area (Å²) >= 11 is 0. The average molecular weight is 145 g/mol. The lowest BCUT2D eigenvalue weighted by Gasteiger charge is -2.03. The van der Waals surface area contributed by atoms with Gasteiger partial charge >= 0.3 is 0 Å². The fourth-order valence-electron chi connectivity index (χ4n) is 0.916. The summed E-state index contributed by atoms with van der Waals surface area (Å²) in [7, 11) is 0. The third-order valence-corrected chi connectivity index (χ3v) is 1.44. The molecule has 0 bridgehead atoms. The molecule has 0 aliphatic carbocycles. The van der Waals surface area contributed by atoms with Crippen LogP contribution in [0.1, 0.15) is 5.56 Å². The Balaban J connectivity index is 3.01. The molecule has 1 aromatic carbocycles. The van der Waals surface area contributed by atoms with Gasteiger partial charge in [-0.05, 0) is 17.8 Å². The maximum atomic E-state index is 3.70. The van der Waals surface area contributed by atoms with Crippen molar-refractivity contribution in [2.75, 3.05) is 5.32 Å². The fourth-order valence-corrected chi connectivity index (χ4v) is 0.916. The molecule has 0 unspecified atom stereocenters. The Kier molecular flexibility index (Phi) is 2.50. The molecule has 0 heterocycles. The second-order valence-electron chi connectivity index (χ2n) is 2.14. The van der Waals surface area contributed by atoms with Gasteiger partial charge in [0.05, 0.1) is 0 Å². The van der Waals surface area contributed by atoms with Crippen molar-refractivity contribution in [3.8, 4) is 0 Å². The van der Waals surface area contributed by atoms with Gasteiger partial charge in [-0.3, -0.25) is 0 Å². The predicted molar refractivity (Wildman–Crippen MR) is 50.4 cm³/mol. The number of anilines is 1. The van der Waals surface area contributed by atoms with Crippen molar-refractivity contribution in [2.24, 2.45) is 0 Å². The van der Waals surface area contributed by atoms with E-state index in [-0.39, 0.29) is 0 Å². The van der Waals surface area contributed by atoms with Gasteiger partial charge in [-0.1, -0.05) is 37.4 Å². The van der Waals surface area contributed by atoms with Crippen LogP contribution in [0.4, 0.5) is 5.69 Å². The molecule has 1 nitrogen and oxygen atoms in total. The summed E-state index contributed by atoms with van der Waals surface area (Å²) in [6.07, 6.45) is 3.47. The minimum Gasteiger partial charge on any atom is -0.362 e. The summed E-state index contributed by atoms with van der Waals surface area (Å²) in [5.41, 5.74) is 2.13. The van der Waals surface area contributed by atoms with E-state index in [1.54, 1.807) is 6.20 Å². The molecule has 0 spiro atoms. The van der Waals surface area contributed by atoms with E-state index in [4.69, 9.17) is 0 Å². The first kappa shape index (κ1) is 7.61. The van der Waals surface area contributed by atoms with E-state index in [9.17, 15) is 0 Å². The lowest BCUT2D eigenvalue weighted by atomic mass is 10.2. The minimum atomic E-state index is 1.04. The molecule has 0 atom stereocenters. The molecule has 0 aromatic heterocycles. The summed E-state index contributed by atoms with van der Waals surface area (Å²) in [6.45, 7) is 7.29. The van der Waals surface area contributed by atoms with Crippen LogP contribution < -0.4 is 5.32 Å².